The molecule has 1 N–H and O–H groups in total. The van der Waals surface area contributed by atoms with Crippen molar-refractivity contribution in [2.24, 2.45) is 0 Å². The van der Waals surface area contributed by atoms with Crippen LogP contribution in [-0.2, 0) is 11.2 Å². The van der Waals surface area contributed by atoms with Gasteiger partial charge in [0, 0.05) is 5.56 Å². The summed E-state index contributed by atoms with van der Waals surface area (Å²) in [6, 6.07) is 6.89. The summed E-state index contributed by atoms with van der Waals surface area (Å²) in [5, 5.41) is 10.2. The average molecular weight is 273 g/mol. The van der Waals surface area contributed by atoms with Gasteiger partial charge in [-0.3, -0.25) is 14.5 Å². The van der Waals surface area contributed by atoms with E-state index in [1.165, 1.54) is 4.90 Å². The van der Waals surface area contributed by atoms with Gasteiger partial charge in [0.2, 0.25) is 5.91 Å². The topological polar surface area (TPSA) is 57.6 Å². The van der Waals surface area contributed by atoms with Gasteiger partial charge in [0.15, 0.2) is 0 Å². The summed E-state index contributed by atoms with van der Waals surface area (Å²) < 4.78 is 0. The van der Waals surface area contributed by atoms with Crippen LogP contribution in [0.4, 0.5) is 0 Å². The van der Waals surface area contributed by atoms with E-state index in [0.717, 1.165) is 24.8 Å². The summed E-state index contributed by atoms with van der Waals surface area (Å²) in [4.78, 5) is 26.2. The Morgan fingerprint density at radius 2 is 1.80 bits per heavy atom. The maximum Gasteiger partial charge on any atom is 0.261 e. The Bertz CT molecular complexity index is 540. The fourth-order valence-electron chi connectivity index (χ4n) is 3.28. The zero-order valence-corrected chi connectivity index (χ0v) is 11.4. The first kappa shape index (κ1) is 13.3. The summed E-state index contributed by atoms with van der Waals surface area (Å²) in [5.74, 6) is -0.428. The Kier molecular flexibility index (Phi) is 3.57. The molecule has 0 bridgehead atoms. The van der Waals surface area contributed by atoms with Gasteiger partial charge in [0.25, 0.3) is 5.91 Å². The Labute approximate surface area is 118 Å². The molecule has 1 aliphatic carbocycles. The molecule has 1 aromatic rings. The molecule has 4 nitrogen and oxygen atoms in total. The second-order valence-electron chi connectivity index (χ2n) is 5.68. The maximum atomic E-state index is 12.6. The van der Waals surface area contributed by atoms with Gasteiger partial charge in [-0.05, 0) is 24.5 Å². The molecule has 3 rings (SSSR count). The van der Waals surface area contributed by atoms with Crippen LogP contribution in [-0.4, -0.2) is 34.0 Å². The summed E-state index contributed by atoms with van der Waals surface area (Å²) >= 11 is 0. The highest BCUT2D eigenvalue weighted by Gasteiger charge is 2.39. The summed E-state index contributed by atoms with van der Waals surface area (Å²) in [6.07, 6.45) is 4.02. The van der Waals surface area contributed by atoms with Crippen molar-refractivity contribution in [2.75, 3.05) is 0 Å². The van der Waals surface area contributed by atoms with E-state index < -0.39 is 6.10 Å². The predicted octanol–water partition coefficient (Wildman–Crippen LogP) is 1.91. The van der Waals surface area contributed by atoms with Gasteiger partial charge >= 0.3 is 0 Å². The third-order valence-corrected chi connectivity index (χ3v) is 4.35. The maximum absolute atomic E-state index is 12.6. The number of fused-ring (bicyclic) bond motifs is 1. The van der Waals surface area contributed by atoms with Gasteiger partial charge in [-0.2, -0.15) is 0 Å². The Balaban J connectivity index is 1.93. The fourth-order valence-corrected chi connectivity index (χ4v) is 3.28. The normalized spacial score (nSPS) is 27.1. The van der Waals surface area contributed by atoms with Gasteiger partial charge in [-0.15, -0.1) is 0 Å². The molecule has 2 atom stereocenters. The number of hydrogen-bond donors (Lipinski definition) is 1. The summed E-state index contributed by atoms with van der Waals surface area (Å²) in [7, 11) is 0. The van der Waals surface area contributed by atoms with E-state index in [-0.39, 0.29) is 24.3 Å². The fraction of sp³-hybridized carbons (Fsp3) is 0.500. The van der Waals surface area contributed by atoms with Crippen molar-refractivity contribution in [1.82, 2.24) is 4.90 Å². The molecule has 1 aliphatic heterocycles. The average Bonchev–Trinajstić information content (AvgIpc) is 2.64. The van der Waals surface area contributed by atoms with Crippen molar-refractivity contribution in [1.29, 1.82) is 0 Å². The van der Waals surface area contributed by atoms with Crippen LogP contribution in [0, 0.1) is 0 Å². The molecule has 1 aromatic carbocycles. The van der Waals surface area contributed by atoms with E-state index in [1.54, 1.807) is 6.07 Å². The second kappa shape index (κ2) is 5.37. The van der Waals surface area contributed by atoms with Crippen LogP contribution >= 0.6 is 0 Å². The minimum Gasteiger partial charge on any atom is -0.391 e. The van der Waals surface area contributed by atoms with E-state index in [2.05, 4.69) is 0 Å². The van der Waals surface area contributed by atoms with Gasteiger partial charge in [-0.25, -0.2) is 0 Å². The first-order valence-electron chi connectivity index (χ1n) is 7.31. The van der Waals surface area contributed by atoms with E-state index in [0.29, 0.717) is 18.4 Å². The standard InChI is InChI=1S/C16H19NO3/c18-14-9-3-1-2-8-13(14)17-15(19)10-11-6-4-5-7-12(11)16(17)20/h4-7,13-14,18H,1-3,8-10H2. The number of aliphatic hydroxyl groups excluding tert-OH is 1. The Morgan fingerprint density at radius 3 is 2.65 bits per heavy atom. The molecule has 2 aliphatic rings. The van der Waals surface area contributed by atoms with Crippen LogP contribution in [0.2, 0.25) is 0 Å². The second-order valence-corrected chi connectivity index (χ2v) is 5.68. The lowest BCUT2D eigenvalue weighted by molar-refractivity contribution is -0.132. The molecule has 0 spiro atoms. The lowest BCUT2D eigenvalue weighted by atomic mass is 9.94. The highest BCUT2D eigenvalue weighted by Crippen LogP contribution is 2.28. The number of rotatable bonds is 1. The SMILES string of the molecule is O=C1Cc2ccccc2C(=O)N1C1CCCCCC1O. The van der Waals surface area contributed by atoms with Gasteiger partial charge in [0.1, 0.15) is 0 Å². The molecule has 106 valence electrons. The van der Waals surface area contributed by atoms with Crippen molar-refractivity contribution in [2.45, 2.75) is 50.7 Å². The molecule has 2 unspecified atom stereocenters. The zero-order valence-electron chi connectivity index (χ0n) is 11.4. The van der Waals surface area contributed by atoms with Crippen LogP contribution in [0.5, 0.6) is 0 Å². The minimum atomic E-state index is -0.587. The summed E-state index contributed by atoms with van der Waals surface area (Å²) in [5.41, 5.74) is 1.39. The van der Waals surface area contributed by atoms with Crippen LogP contribution in [0.25, 0.3) is 0 Å². The summed E-state index contributed by atoms with van der Waals surface area (Å²) in [6.45, 7) is 0. The third kappa shape index (κ3) is 2.24. The Hall–Kier alpha value is -1.68. The monoisotopic (exact) mass is 273 g/mol. The number of aliphatic hydroxyl groups is 1. The molecule has 1 fully saturated rings. The van der Waals surface area contributed by atoms with Crippen LogP contribution in [0.3, 0.4) is 0 Å². The molecule has 0 radical (unpaired) electrons. The number of carbonyl (C=O) groups excluding carboxylic acids is 2. The number of hydrogen-bond acceptors (Lipinski definition) is 3. The predicted molar refractivity (Wildman–Crippen MR) is 74.2 cm³/mol. The lowest BCUT2D eigenvalue weighted by Crippen LogP contribution is -2.52. The van der Waals surface area contributed by atoms with E-state index in [9.17, 15) is 14.7 Å². The van der Waals surface area contributed by atoms with Crippen LogP contribution < -0.4 is 0 Å². The number of imide groups is 1. The molecule has 4 heteroatoms. The van der Waals surface area contributed by atoms with Crippen molar-refractivity contribution in [3.63, 3.8) is 0 Å². The molecule has 0 aromatic heterocycles. The van der Waals surface area contributed by atoms with E-state index in [1.807, 2.05) is 18.2 Å². The molecule has 2 amide bonds. The van der Waals surface area contributed by atoms with Gasteiger partial charge < -0.3 is 5.11 Å². The molecule has 0 saturated heterocycles. The number of carbonyl (C=O) groups is 2. The molecule has 1 saturated carbocycles. The molecular weight excluding hydrogens is 254 g/mol. The quantitative estimate of drug-likeness (QED) is 0.628. The zero-order chi connectivity index (χ0) is 14.1. The minimum absolute atomic E-state index is 0.181. The molecular formula is C16H19NO3. The first-order valence-corrected chi connectivity index (χ1v) is 7.31. The lowest BCUT2D eigenvalue weighted by Gasteiger charge is -2.35. The Morgan fingerprint density at radius 1 is 1.05 bits per heavy atom. The smallest absolute Gasteiger partial charge is 0.261 e. The van der Waals surface area contributed by atoms with Crippen LogP contribution in [0.1, 0.15) is 48.0 Å². The van der Waals surface area contributed by atoms with Gasteiger partial charge in [0.05, 0.1) is 18.6 Å². The van der Waals surface area contributed by atoms with E-state index in [4.69, 9.17) is 0 Å². The highest BCUT2D eigenvalue weighted by molar-refractivity contribution is 6.10. The first-order chi connectivity index (χ1) is 9.68. The molecule has 1 heterocycles. The van der Waals surface area contributed by atoms with E-state index >= 15 is 0 Å². The third-order valence-electron chi connectivity index (χ3n) is 4.35. The van der Waals surface area contributed by atoms with Crippen molar-refractivity contribution in [3.8, 4) is 0 Å². The highest BCUT2D eigenvalue weighted by atomic mass is 16.3. The molecule has 20 heavy (non-hydrogen) atoms. The largest absolute Gasteiger partial charge is 0.391 e. The van der Waals surface area contributed by atoms with Gasteiger partial charge in [-0.1, -0.05) is 37.5 Å². The van der Waals surface area contributed by atoms with Crippen LogP contribution in [0.15, 0.2) is 24.3 Å². The van der Waals surface area contributed by atoms with Crippen molar-refractivity contribution < 1.29 is 14.7 Å². The van der Waals surface area contributed by atoms with Crippen molar-refractivity contribution >= 4 is 11.8 Å². The van der Waals surface area contributed by atoms with Crippen molar-refractivity contribution in [3.05, 3.63) is 35.4 Å². The number of benzene rings is 1. The number of nitrogens with zero attached hydrogens (tertiary/aromatic N) is 1. The number of amides is 2.